The van der Waals surface area contributed by atoms with Crippen molar-refractivity contribution in [3.05, 3.63) is 76.0 Å². The molecule has 0 saturated heterocycles. The van der Waals surface area contributed by atoms with Gasteiger partial charge < -0.3 is 5.11 Å². The molecule has 0 spiro atoms. The van der Waals surface area contributed by atoms with E-state index < -0.39 is 10.0 Å². The first-order chi connectivity index (χ1) is 13.0. The van der Waals surface area contributed by atoms with Gasteiger partial charge in [0, 0.05) is 29.7 Å². The molecule has 1 N–H and O–H groups in total. The van der Waals surface area contributed by atoms with Crippen LogP contribution in [0.3, 0.4) is 0 Å². The normalized spacial score (nSPS) is 15.1. The zero-order valence-electron chi connectivity index (χ0n) is 14.4. The molecular formula is C20H18N2O3S2. The summed E-state index contributed by atoms with van der Waals surface area (Å²) in [6, 6.07) is 15.4. The molecule has 1 aromatic heterocycles. The summed E-state index contributed by atoms with van der Waals surface area (Å²) in [6.45, 7) is 0.928. The van der Waals surface area contributed by atoms with Gasteiger partial charge in [-0.3, -0.25) is 4.99 Å². The fourth-order valence-corrected chi connectivity index (χ4v) is 5.33. The smallest absolute Gasteiger partial charge is 0.243 e. The Balaban J connectivity index is 1.52. The molecule has 0 atom stereocenters. The summed E-state index contributed by atoms with van der Waals surface area (Å²) in [5.74, 6) is 0.151. The molecule has 138 valence electrons. The van der Waals surface area contributed by atoms with E-state index in [0.29, 0.717) is 24.3 Å². The molecule has 1 aliphatic rings. The van der Waals surface area contributed by atoms with Crippen LogP contribution in [0.25, 0.3) is 0 Å². The number of benzene rings is 2. The van der Waals surface area contributed by atoms with E-state index in [1.54, 1.807) is 60.0 Å². The highest BCUT2D eigenvalue weighted by atomic mass is 32.2. The summed E-state index contributed by atoms with van der Waals surface area (Å²) in [4.78, 5) is 5.84. The molecule has 4 rings (SSSR count). The average Bonchev–Trinajstić information content (AvgIpc) is 3.15. The SMILES string of the molecule is O=S(=O)(c1ccc(N=Cc2ccccc2O)cc1)N1CCc2sccc2C1. The third-order valence-electron chi connectivity index (χ3n) is 4.54. The number of hydrogen-bond acceptors (Lipinski definition) is 5. The zero-order chi connectivity index (χ0) is 18.9. The maximum atomic E-state index is 12.9. The van der Waals surface area contributed by atoms with Crippen LogP contribution in [0.1, 0.15) is 16.0 Å². The molecule has 2 heterocycles. The average molecular weight is 399 g/mol. The van der Waals surface area contributed by atoms with Gasteiger partial charge in [0.2, 0.25) is 10.0 Å². The second kappa shape index (κ2) is 7.26. The number of aromatic hydroxyl groups is 1. The Labute approximate surface area is 162 Å². The van der Waals surface area contributed by atoms with Gasteiger partial charge in [-0.05, 0) is 59.8 Å². The molecule has 0 amide bonds. The monoisotopic (exact) mass is 398 g/mol. The van der Waals surface area contributed by atoms with E-state index in [0.717, 1.165) is 12.0 Å². The lowest BCUT2D eigenvalue weighted by Gasteiger charge is -2.26. The van der Waals surface area contributed by atoms with Crippen LogP contribution >= 0.6 is 11.3 Å². The zero-order valence-corrected chi connectivity index (χ0v) is 16.1. The molecule has 3 aromatic rings. The lowest BCUT2D eigenvalue weighted by Crippen LogP contribution is -2.35. The molecule has 0 radical (unpaired) electrons. The van der Waals surface area contributed by atoms with Crippen LogP contribution in [-0.4, -0.2) is 30.6 Å². The molecular weight excluding hydrogens is 380 g/mol. The van der Waals surface area contributed by atoms with Crippen LogP contribution in [0.2, 0.25) is 0 Å². The van der Waals surface area contributed by atoms with Crippen LogP contribution in [0, 0.1) is 0 Å². The predicted octanol–water partition coefficient (Wildman–Crippen LogP) is 3.95. The minimum absolute atomic E-state index is 0.151. The van der Waals surface area contributed by atoms with Crippen LogP contribution in [0.15, 0.2) is 69.9 Å². The van der Waals surface area contributed by atoms with Gasteiger partial charge in [-0.25, -0.2) is 8.42 Å². The number of thiophene rings is 1. The minimum atomic E-state index is -3.53. The van der Waals surface area contributed by atoms with E-state index in [-0.39, 0.29) is 10.6 Å². The van der Waals surface area contributed by atoms with Crippen molar-refractivity contribution < 1.29 is 13.5 Å². The van der Waals surface area contributed by atoms with Gasteiger partial charge in [0.25, 0.3) is 0 Å². The highest BCUT2D eigenvalue weighted by molar-refractivity contribution is 7.89. The molecule has 0 fully saturated rings. The molecule has 5 nitrogen and oxygen atoms in total. The highest BCUT2D eigenvalue weighted by Gasteiger charge is 2.28. The Morgan fingerprint density at radius 2 is 1.85 bits per heavy atom. The van der Waals surface area contributed by atoms with Gasteiger partial charge in [0.05, 0.1) is 10.6 Å². The van der Waals surface area contributed by atoms with Crippen molar-refractivity contribution in [1.82, 2.24) is 4.31 Å². The molecule has 0 unspecified atom stereocenters. The fourth-order valence-electron chi connectivity index (χ4n) is 3.02. The van der Waals surface area contributed by atoms with Gasteiger partial charge in [-0.15, -0.1) is 11.3 Å². The summed E-state index contributed by atoms with van der Waals surface area (Å²) in [7, 11) is -3.53. The largest absolute Gasteiger partial charge is 0.507 e. The third-order valence-corrected chi connectivity index (χ3v) is 7.42. The van der Waals surface area contributed by atoms with Crippen molar-refractivity contribution in [2.75, 3.05) is 6.54 Å². The second-order valence-electron chi connectivity index (χ2n) is 6.27. The molecule has 0 aliphatic carbocycles. The Bertz CT molecular complexity index is 1090. The third kappa shape index (κ3) is 3.66. The Morgan fingerprint density at radius 3 is 2.63 bits per heavy atom. The van der Waals surface area contributed by atoms with Crippen molar-refractivity contribution in [2.24, 2.45) is 4.99 Å². The minimum Gasteiger partial charge on any atom is -0.507 e. The number of nitrogens with zero attached hydrogens (tertiary/aromatic N) is 2. The second-order valence-corrected chi connectivity index (χ2v) is 9.21. The molecule has 0 bridgehead atoms. The van der Waals surface area contributed by atoms with Gasteiger partial charge in [0.1, 0.15) is 5.75 Å². The van der Waals surface area contributed by atoms with Crippen LogP contribution in [-0.2, 0) is 23.0 Å². The molecule has 7 heteroatoms. The van der Waals surface area contributed by atoms with Gasteiger partial charge >= 0.3 is 0 Å². The topological polar surface area (TPSA) is 70.0 Å². The van der Waals surface area contributed by atoms with E-state index in [2.05, 4.69) is 4.99 Å². The number of hydrogen-bond donors (Lipinski definition) is 1. The first-order valence-electron chi connectivity index (χ1n) is 8.51. The Hall–Kier alpha value is -2.48. The van der Waals surface area contributed by atoms with E-state index in [1.807, 2.05) is 17.5 Å². The van der Waals surface area contributed by atoms with E-state index >= 15 is 0 Å². The van der Waals surface area contributed by atoms with Crippen molar-refractivity contribution >= 4 is 33.3 Å². The summed E-state index contributed by atoms with van der Waals surface area (Å²) < 4.78 is 27.4. The lowest BCUT2D eigenvalue weighted by molar-refractivity contribution is 0.394. The van der Waals surface area contributed by atoms with E-state index in [9.17, 15) is 13.5 Å². The maximum absolute atomic E-state index is 12.9. The van der Waals surface area contributed by atoms with Crippen molar-refractivity contribution in [3.8, 4) is 5.75 Å². The fraction of sp³-hybridized carbons (Fsp3) is 0.150. The number of sulfonamides is 1. The van der Waals surface area contributed by atoms with Gasteiger partial charge in [-0.2, -0.15) is 4.31 Å². The molecule has 1 aliphatic heterocycles. The van der Waals surface area contributed by atoms with Gasteiger partial charge in [0.15, 0.2) is 0 Å². The van der Waals surface area contributed by atoms with Crippen molar-refractivity contribution in [1.29, 1.82) is 0 Å². The summed E-state index contributed by atoms with van der Waals surface area (Å²) in [6.07, 6.45) is 2.32. The molecule has 2 aromatic carbocycles. The number of aliphatic imine (C=N–C) groups is 1. The van der Waals surface area contributed by atoms with Crippen LogP contribution in [0.5, 0.6) is 5.75 Å². The summed E-state index contributed by atoms with van der Waals surface area (Å²) >= 11 is 1.69. The van der Waals surface area contributed by atoms with Crippen LogP contribution in [0.4, 0.5) is 5.69 Å². The van der Waals surface area contributed by atoms with Crippen LogP contribution < -0.4 is 0 Å². The van der Waals surface area contributed by atoms with E-state index in [4.69, 9.17) is 0 Å². The summed E-state index contributed by atoms with van der Waals surface area (Å²) in [5.41, 5.74) is 2.32. The standard InChI is InChI=1S/C20H18N2O3S2/c23-19-4-2-1-3-15(19)13-21-17-5-7-18(8-6-17)27(24,25)22-11-9-20-16(14-22)10-12-26-20/h1-8,10,12-13,23H,9,11,14H2. The highest BCUT2D eigenvalue weighted by Crippen LogP contribution is 2.28. The summed E-state index contributed by atoms with van der Waals surface area (Å²) in [5, 5.41) is 11.8. The Kier molecular flexibility index (Phi) is 4.82. The quantitative estimate of drug-likeness (QED) is 0.677. The molecule has 0 saturated carbocycles. The number of phenolic OH excluding ortho intramolecular Hbond substituents is 1. The van der Waals surface area contributed by atoms with Crippen molar-refractivity contribution in [2.45, 2.75) is 17.9 Å². The Morgan fingerprint density at radius 1 is 1.07 bits per heavy atom. The van der Waals surface area contributed by atoms with Gasteiger partial charge in [-0.1, -0.05) is 12.1 Å². The number of phenols is 1. The maximum Gasteiger partial charge on any atom is 0.243 e. The van der Waals surface area contributed by atoms with Crippen molar-refractivity contribution in [3.63, 3.8) is 0 Å². The molecule has 27 heavy (non-hydrogen) atoms. The number of rotatable bonds is 4. The first-order valence-corrected chi connectivity index (χ1v) is 10.8. The predicted molar refractivity (Wildman–Crippen MR) is 107 cm³/mol. The number of para-hydroxylation sites is 1. The lowest BCUT2D eigenvalue weighted by atomic mass is 10.1. The first kappa shape index (κ1) is 17.9. The number of fused-ring (bicyclic) bond motifs is 1. The van der Waals surface area contributed by atoms with E-state index in [1.165, 1.54) is 9.18 Å².